The molecule has 0 heterocycles. The molecule has 38 heavy (non-hydrogen) atoms. The summed E-state index contributed by atoms with van der Waals surface area (Å²) in [6, 6.07) is 17.4. The van der Waals surface area contributed by atoms with Crippen molar-refractivity contribution >= 4 is 23.0 Å². The van der Waals surface area contributed by atoms with Crippen LogP contribution in [0.15, 0.2) is 76.3 Å². The molecule has 0 aliphatic carbocycles. The molecule has 0 aliphatic rings. The van der Waals surface area contributed by atoms with Gasteiger partial charge in [-0.15, -0.1) is 0 Å². The molecule has 0 spiro atoms. The summed E-state index contributed by atoms with van der Waals surface area (Å²) in [4.78, 5) is 34.9. The van der Waals surface area contributed by atoms with Crippen LogP contribution in [-0.4, -0.2) is 24.7 Å². The number of ether oxygens (including phenoxy) is 1. The van der Waals surface area contributed by atoms with Gasteiger partial charge in [0.05, 0.1) is 13.2 Å². The third-order valence-corrected chi connectivity index (χ3v) is 6.13. The van der Waals surface area contributed by atoms with E-state index in [-0.39, 0.29) is 17.4 Å². The van der Waals surface area contributed by atoms with Gasteiger partial charge in [-0.3, -0.25) is 19.7 Å². The van der Waals surface area contributed by atoms with Crippen LogP contribution in [0.25, 0.3) is 0 Å². The van der Waals surface area contributed by atoms with Crippen molar-refractivity contribution in [2.75, 3.05) is 24.3 Å². The van der Waals surface area contributed by atoms with Crippen molar-refractivity contribution in [1.82, 2.24) is 5.32 Å². The average molecular weight is 522 g/mol. The Morgan fingerprint density at radius 2 is 1.58 bits per heavy atom. The van der Waals surface area contributed by atoms with Crippen LogP contribution in [0.3, 0.4) is 0 Å². The van der Waals surface area contributed by atoms with Crippen molar-refractivity contribution in [1.29, 1.82) is 0 Å². The van der Waals surface area contributed by atoms with Gasteiger partial charge in [0.2, 0.25) is 0 Å². The lowest BCUT2D eigenvalue weighted by Gasteiger charge is -2.26. The minimum absolute atomic E-state index is 0.0162. The van der Waals surface area contributed by atoms with Gasteiger partial charge in [0.15, 0.2) is 11.6 Å². The van der Waals surface area contributed by atoms with Gasteiger partial charge < -0.3 is 20.5 Å². The van der Waals surface area contributed by atoms with Gasteiger partial charge in [-0.1, -0.05) is 30.3 Å². The van der Waals surface area contributed by atoms with Crippen LogP contribution in [0.2, 0.25) is 0 Å². The minimum atomic E-state index is -1.17. The highest BCUT2D eigenvalue weighted by atomic mass is 19.2. The zero-order valence-electron chi connectivity index (χ0n) is 20.5. The standard InChI is InChI=1S/C28H25F2N3O5/c1-15(17-8-11-21(29)22(30)13-17)32-24(16-6-9-20(38-2)10-7-16)18-4-3-5-19(12-18)33-26-25(27(36)28(26)37)31-14-23(34)35/h3-13,15,24,31-33H,14H2,1-2H3,(H,34,35)/t15-,24?/m1/s1. The summed E-state index contributed by atoms with van der Waals surface area (Å²) in [5, 5.41) is 17.7. The highest BCUT2D eigenvalue weighted by Gasteiger charge is 2.23. The maximum Gasteiger partial charge on any atom is 0.322 e. The number of anilines is 3. The maximum absolute atomic E-state index is 13.9. The maximum atomic E-state index is 13.9. The lowest BCUT2D eigenvalue weighted by molar-refractivity contribution is -0.134. The third-order valence-electron chi connectivity index (χ3n) is 6.13. The van der Waals surface area contributed by atoms with Gasteiger partial charge in [0.1, 0.15) is 23.7 Å². The van der Waals surface area contributed by atoms with Crippen molar-refractivity contribution in [3.05, 3.63) is 116 Å². The molecule has 10 heteroatoms. The Bertz CT molecular complexity index is 1530. The van der Waals surface area contributed by atoms with Crippen LogP contribution in [0.4, 0.5) is 25.8 Å². The monoisotopic (exact) mass is 521 g/mol. The molecule has 8 nitrogen and oxygen atoms in total. The van der Waals surface area contributed by atoms with Crippen LogP contribution in [0.5, 0.6) is 5.75 Å². The molecule has 1 unspecified atom stereocenters. The quantitative estimate of drug-likeness (QED) is 0.217. The number of hydrogen-bond acceptors (Lipinski definition) is 7. The number of nitrogens with one attached hydrogen (secondary N) is 3. The van der Waals surface area contributed by atoms with E-state index in [9.17, 15) is 23.2 Å². The lowest BCUT2D eigenvalue weighted by atomic mass is 9.96. The van der Waals surface area contributed by atoms with Gasteiger partial charge in [0, 0.05) is 11.7 Å². The number of hydrogen-bond donors (Lipinski definition) is 4. The fraction of sp³-hybridized carbons (Fsp3) is 0.179. The van der Waals surface area contributed by atoms with Crippen molar-refractivity contribution in [3.8, 4) is 5.75 Å². The molecular weight excluding hydrogens is 496 g/mol. The third kappa shape index (κ3) is 5.70. The average Bonchev–Trinajstić information content (AvgIpc) is 2.92. The van der Waals surface area contributed by atoms with E-state index < -0.39 is 41.0 Å². The molecule has 196 valence electrons. The summed E-state index contributed by atoms with van der Waals surface area (Å²) < 4.78 is 32.6. The lowest BCUT2D eigenvalue weighted by Crippen LogP contribution is -2.37. The summed E-state index contributed by atoms with van der Waals surface area (Å²) in [7, 11) is 1.56. The number of carbonyl (C=O) groups is 1. The summed E-state index contributed by atoms with van der Waals surface area (Å²) in [6.07, 6.45) is 0. The molecule has 0 radical (unpaired) electrons. The normalized spacial score (nSPS) is 12.6. The second kappa shape index (κ2) is 11.2. The Hall–Kier alpha value is -4.57. The van der Waals surface area contributed by atoms with Gasteiger partial charge >= 0.3 is 5.97 Å². The SMILES string of the molecule is COc1ccc(C(N[C@H](C)c2ccc(F)c(F)c2)c2cccc(Nc3c(NCC(=O)O)c(=O)c3=O)c2)cc1. The topological polar surface area (TPSA) is 117 Å². The van der Waals surface area contributed by atoms with Gasteiger partial charge in [-0.05, 0) is 60.0 Å². The predicted octanol–water partition coefficient (Wildman–Crippen LogP) is 4.25. The number of benzene rings is 3. The van der Waals surface area contributed by atoms with E-state index in [1.165, 1.54) is 6.07 Å². The first-order valence-electron chi connectivity index (χ1n) is 11.7. The van der Waals surface area contributed by atoms with E-state index in [1.807, 2.05) is 25.1 Å². The zero-order valence-corrected chi connectivity index (χ0v) is 20.5. The van der Waals surface area contributed by atoms with Crippen LogP contribution in [0, 0.1) is 11.6 Å². The first-order valence-corrected chi connectivity index (χ1v) is 11.7. The van der Waals surface area contributed by atoms with E-state index in [4.69, 9.17) is 9.84 Å². The molecule has 4 aromatic carbocycles. The smallest absolute Gasteiger partial charge is 0.322 e. The molecular formula is C28H25F2N3O5. The fourth-order valence-electron chi connectivity index (χ4n) is 4.09. The molecule has 0 aliphatic heterocycles. The number of aliphatic carboxylic acids is 1. The van der Waals surface area contributed by atoms with E-state index in [0.29, 0.717) is 17.0 Å². The van der Waals surface area contributed by atoms with Crippen molar-refractivity contribution in [2.24, 2.45) is 0 Å². The van der Waals surface area contributed by atoms with E-state index >= 15 is 0 Å². The minimum Gasteiger partial charge on any atom is -0.497 e. The first kappa shape index (κ1) is 26.5. The van der Waals surface area contributed by atoms with Gasteiger partial charge in [0.25, 0.3) is 10.9 Å². The highest BCUT2D eigenvalue weighted by molar-refractivity contribution is 5.82. The molecule has 0 amide bonds. The zero-order chi connectivity index (χ0) is 27.4. The summed E-state index contributed by atoms with van der Waals surface area (Å²) in [5.74, 6) is -2.38. The number of methoxy groups -OCH3 is 1. The van der Waals surface area contributed by atoms with Crippen molar-refractivity contribution < 1.29 is 23.4 Å². The number of carboxylic acid groups (broad SMARTS) is 1. The summed E-state index contributed by atoms with van der Waals surface area (Å²) in [5.41, 5.74) is 1.03. The molecule has 4 rings (SSSR count). The van der Waals surface area contributed by atoms with Crippen LogP contribution < -0.4 is 31.5 Å². The first-order chi connectivity index (χ1) is 18.2. The molecule has 0 aromatic heterocycles. The van der Waals surface area contributed by atoms with Gasteiger partial charge in [-0.25, -0.2) is 8.78 Å². The van der Waals surface area contributed by atoms with Gasteiger partial charge in [-0.2, -0.15) is 0 Å². The number of rotatable bonds is 11. The Morgan fingerprint density at radius 1 is 0.895 bits per heavy atom. The van der Waals surface area contributed by atoms with Crippen molar-refractivity contribution in [3.63, 3.8) is 0 Å². The van der Waals surface area contributed by atoms with E-state index in [1.54, 1.807) is 37.4 Å². The fourth-order valence-corrected chi connectivity index (χ4v) is 4.09. The summed E-state index contributed by atoms with van der Waals surface area (Å²) >= 11 is 0. The van der Waals surface area contributed by atoms with Crippen molar-refractivity contribution in [2.45, 2.75) is 19.0 Å². The molecule has 4 aromatic rings. The Labute approximate surface area is 216 Å². The highest BCUT2D eigenvalue weighted by Crippen LogP contribution is 2.30. The van der Waals surface area contributed by atoms with Crippen LogP contribution >= 0.6 is 0 Å². The molecule has 0 fully saturated rings. The Morgan fingerprint density at radius 3 is 2.24 bits per heavy atom. The predicted molar refractivity (Wildman–Crippen MR) is 140 cm³/mol. The second-order valence-corrected chi connectivity index (χ2v) is 8.67. The molecule has 0 saturated carbocycles. The largest absolute Gasteiger partial charge is 0.497 e. The van der Waals surface area contributed by atoms with E-state index in [0.717, 1.165) is 23.3 Å². The Kier molecular flexibility index (Phi) is 7.82. The van der Waals surface area contributed by atoms with E-state index in [2.05, 4.69) is 16.0 Å². The molecule has 4 N–H and O–H groups in total. The molecule has 0 saturated heterocycles. The Balaban J connectivity index is 1.65. The molecule has 2 atom stereocenters. The van der Waals surface area contributed by atoms with Crippen LogP contribution in [0.1, 0.15) is 35.7 Å². The van der Waals surface area contributed by atoms with Crippen LogP contribution in [-0.2, 0) is 4.79 Å². The number of halogens is 2. The summed E-state index contributed by atoms with van der Waals surface area (Å²) in [6.45, 7) is 1.32. The second-order valence-electron chi connectivity index (χ2n) is 8.67. The number of carboxylic acids is 1. The molecule has 0 bridgehead atoms.